The number of nitrogens with two attached hydrogens (primary N) is 1. The number of hydrogen-bond acceptors (Lipinski definition) is 5. The van der Waals surface area contributed by atoms with Gasteiger partial charge in [0.1, 0.15) is 6.33 Å². The van der Waals surface area contributed by atoms with Crippen molar-refractivity contribution in [3.8, 4) is 0 Å². The number of hydrogen-bond donors (Lipinski definition) is 2. The van der Waals surface area contributed by atoms with Crippen LogP contribution >= 0.6 is 0 Å². The molecule has 0 bridgehead atoms. The minimum absolute atomic E-state index is 0.178. The molecule has 0 spiro atoms. The first-order chi connectivity index (χ1) is 9.79. The summed E-state index contributed by atoms with van der Waals surface area (Å²) in [4.78, 5) is 4.22. The first-order valence-corrected chi connectivity index (χ1v) is 7.99. The molecule has 114 valence electrons. The quantitative estimate of drug-likeness (QED) is 0.784. The molecule has 0 radical (unpaired) electrons. The number of benzene rings is 1. The van der Waals surface area contributed by atoms with Crippen LogP contribution in [0, 0.1) is 13.8 Å². The molecule has 0 saturated heterocycles. The van der Waals surface area contributed by atoms with E-state index in [1.54, 1.807) is 24.1 Å². The maximum absolute atomic E-state index is 12.2. The molecule has 21 heavy (non-hydrogen) atoms. The smallest absolute Gasteiger partial charge is 0.240 e. The second kappa shape index (κ2) is 5.82. The van der Waals surface area contributed by atoms with Crippen molar-refractivity contribution in [1.82, 2.24) is 19.5 Å². The Labute approximate surface area is 124 Å². The van der Waals surface area contributed by atoms with Gasteiger partial charge in [-0.25, -0.2) is 18.1 Å². The van der Waals surface area contributed by atoms with Crippen molar-refractivity contribution in [2.75, 3.05) is 12.3 Å². The van der Waals surface area contributed by atoms with Gasteiger partial charge in [0.2, 0.25) is 10.0 Å². The van der Waals surface area contributed by atoms with E-state index in [1.165, 1.54) is 6.07 Å². The summed E-state index contributed by atoms with van der Waals surface area (Å²) in [6.07, 6.45) is 2.01. The predicted molar refractivity (Wildman–Crippen MR) is 80.2 cm³/mol. The van der Waals surface area contributed by atoms with E-state index in [2.05, 4.69) is 14.8 Å². The van der Waals surface area contributed by atoms with Crippen LogP contribution in [0.25, 0.3) is 0 Å². The number of nitrogen functional groups attached to an aromatic ring is 1. The maximum Gasteiger partial charge on any atom is 0.240 e. The summed E-state index contributed by atoms with van der Waals surface area (Å²) in [5, 5.41) is 4.09. The van der Waals surface area contributed by atoms with Crippen LogP contribution in [0.1, 0.15) is 17.0 Å². The van der Waals surface area contributed by atoms with E-state index in [1.807, 2.05) is 13.8 Å². The minimum Gasteiger partial charge on any atom is -0.398 e. The molecule has 0 aliphatic rings. The molecule has 0 unspecified atom stereocenters. The molecule has 1 aromatic heterocycles. The summed E-state index contributed by atoms with van der Waals surface area (Å²) in [6, 6.07) is 3.09. The molecule has 2 aromatic rings. The van der Waals surface area contributed by atoms with Gasteiger partial charge in [0, 0.05) is 25.7 Å². The summed E-state index contributed by atoms with van der Waals surface area (Å²) in [5.74, 6) is 0.597. The van der Waals surface area contributed by atoms with Gasteiger partial charge in [0.15, 0.2) is 5.82 Å². The van der Waals surface area contributed by atoms with Gasteiger partial charge >= 0.3 is 0 Å². The van der Waals surface area contributed by atoms with Crippen molar-refractivity contribution in [3.05, 3.63) is 35.4 Å². The predicted octanol–water partition coefficient (Wildman–Crippen LogP) is 0.535. The second-order valence-electron chi connectivity index (χ2n) is 4.94. The number of aryl methyl sites for hydroxylation is 2. The van der Waals surface area contributed by atoms with Gasteiger partial charge in [-0.05, 0) is 37.1 Å². The van der Waals surface area contributed by atoms with Gasteiger partial charge in [-0.15, -0.1) is 0 Å². The fraction of sp³-hybridized carbons (Fsp3) is 0.385. The van der Waals surface area contributed by atoms with Crippen LogP contribution in [0.4, 0.5) is 5.69 Å². The van der Waals surface area contributed by atoms with Crippen LogP contribution in [0.5, 0.6) is 0 Å². The lowest BCUT2D eigenvalue weighted by atomic mass is 10.1. The van der Waals surface area contributed by atoms with Gasteiger partial charge in [-0.2, -0.15) is 5.10 Å². The average Bonchev–Trinajstić information content (AvgIpc) is 2.81. The molecular weight excluding hydrogens is 290 g/mol. The first-order valence-electron chi connectivity index (χ1n) is 6.50. The second-order valence-corrected chi connectivity index (χ2v) is 6.70. The summed E-state index contributed by atoms with van der Waals surface area (Å²) >= 11 is 0. The van der Waals surface area contributed by atoms with E-state index in [0.717, 1.165) is 11.1 Å². The molecule has 8 heteroatoms. The standard InChI is InChI=1S/C13H19N5O2S/c1-9-6-11(7-12(14)10(9)2)21(19,20)16-5-4-13-15-8-18(3)17-13/h6-8,16H,4-5,14H2,1-3H3. The van der Waals surface area contributed by atoms with Crippen LogP contribution in [0.2, 0.25) is 0 Å². The normalized spacial score (nSPS) is 11.8. The third-order valence-corrected chi connectivity index (χ3v) is 4.72. The third-order valence-electron chi connectivity index (χ3n) is 3.28. The Morgan fingerprint density at radius 2 is 2.05 bits per heavy atom. The number of sulfonamides is 1. The molecule has 0 aliphatic heterocycles. The van der Waals surface area contributed by atoms with Gasteiger partial charge in [-0.3, -0.25) is 4.68 Å². The number of nitrogens with one attached hydrogen (secondary N) is 1. The van der Waals surface area contributed by atoms with E-state index in [0.29, 0.717) is 17.9 Å². The summed E-state index contributed by atoms with van der Waals surface area (Å²) in [6.45, 7) is 3.93. The molecule has 0 aliphatic carbocycles. The van der Waals surface area contributed by atoms with Crippen molar-refractivity contribution in [2.24, 2.45) is 7.05 Å². The lowest BCUT2D eigenvalue weighted by Gasteiger charge is -2.10. The Bertz CT molecular complexity index is 729. The Hall–Kier alpha value is -1.93. The first kappa shape index (κ1) is 15.5. The fourth-order valence-electron chi connectivity index (χ4n) is 1.89. The summed E-state index contributed by atoms with van der Waals surface area (Å²) in [5.41, 5.74) is 8.04. The van der Waals surface area contributed by atoms with Gasteiger partial charge in [0.05, 0.1) is 4.90 Å². The fourth-order valence-corrected chi connectivity index (χ4v) is 3.04. The summed E-state index contributed by atoms with van der Waals surface area (Å²) in [7, 11) is -1.82. The Morgan fingerprint density at radius 1 is 1.33 bits per heavy atom. The zero-order chi connectivity index (χ0) is 15.6. The van der Waals surface area contributed by atoms with E-state index >= 15 is 0 Å². The molecule has 0 atom stereocenters. The molecule has 7 nitrogen and oxygen atoms in total. The molecule has 2 rings (SSSR count). The highest BCUT2D eigenvalue weighted by molar-refractivity contribution is 7.89. The largest absolute Gasteiger partial charge is 0.398 e. The van der Waals surface area contributed by atoms with Crippen molar-refractivity contribution in [2.45, 2.75) is 25.2 Å². The van der Waals surface area contributed by atoms with Gasteiger partial charge < -0.3 is 5.73 Å². The number of nitrogens with zero attached hydrogens (tertiary/aromatic N) is 3. The van der Waals surface area contributed by atoms with Crippen molar-refractivity contribution in [3.63, 3.8) is 0 Å². The highest BCUT2D eigenvalue weighted by Crippen LogP contribution is 2.21. The number of rotatable bonds is 5. The van der Waals surface area contributed by atoms with Crippen LogP contribution in [-0.2, 0) is 23.5 Å². The third kappa shape index (κ3) is 3.59. The van der Waals surface area contributed by atoms with E-state index in [-0.39, 0.29) is 11.4 Å². The Kier molecular flexibility index (Phi) is 4.29. The van der Waals surface area contributed by atoms with Crippen LogP contribution in [0.15, 0.2) is 23.4 Å². The van der Waals surface area contributed by atoms with Crippen molar-refractivity contribution in [1.29, 1.82) is 0 Å². The lowest BCUT2D eigenvalue weighted by molar-refractivity contribution is 0.580. The van der Waals surface area contributed by atoms with Gasteiger partial charge in [-0.1, -0.05) is 0 Å². The number of aromatic nitrogens is 3. The highest BCUT2D eigenvalue weighted by atomic mass is 32.2. The molecule has 1 aromatic carbocycles. The van der Waals surface area contributed by atoms with Crippen LogP contribution in [0.3, 0.4) is 0 Å². The van der Waals surface area contributed by atoms with E-state index in [4.69, 9.17) is 5.73 Å². The van der Waals surface area contributed by atoms with Crippen LogP contribution in [-0.4, -0.2) is 29.7 Å². The Balaban J connectivity index is 2.08. The molecule has 1 heterocycles. The topological polar surface area (TPSA) is 103 Å². The van der Waals surface area contributed by atoms with Crippen molar-refractivity contribution < 1.29 is 8.42 Å². The molecule has 0 fully saturated rings. The van der Waals surface area contributed by atoms with Crippen molar-refractivity contribution >= 4 is 15.7 Å². The molecule has 0 saturated carbocycles. The highest BCUT2D eigenvalue weighted by Gasteiger charge is 2.16. The minimum atomic E-state index is -3.58. The average molecular weight is 309 g/mol. The molecular formula is C13H19N5O2S. The molecule has 0 amide bonds. The van der Waals surface area contributed by atoms with Gasteiger partial charge in [0.25, 0.3) is 0 Å². The van der Waals surface area contributed by atoms with E-state index < -0.39 is 10.0 Å². The maximum atomic E-state index is 12.2. The number of anilines is 1. The SMILES string of the molecule is Cc1cc(S(=O)(=O)NCCc2ncn(C)n2)cc(N)c1C. The summed E-state index contributed by atoms with van der Waals surface area (Å²) < 4.78 is 28.6. The Morgan fingerprint density at radius 3 is 2.62 bits per heavy atom. The zero-order valence-electron chi connectivity index (χ0n) is 12.3. The molecule has 3 N–H and O–H groups in total. The monoisotopic (exact) mass is 309 g/mol. The van der Waals surface area contributed by atoms with E-state index in [9.17, 15) is 8.42 Å². The lowest BCUT2D eigenvalue weighted by Crippen LogP contribution is -2.26. The zero-order valence-corrected chi connectivity index (χ0v) is 13.1. The van der Waals surface area contributed by atoms with Crippen LogP contribution < -0.4 is 10.5 Å².